The molecule has 1 fully saturated rings. The third kappa shape index (κ3) is 17.5. The van der Waals surface area contributed by atoms with Crippen molar-refractivity contribution in [2.75, 3.05) is 0 Å². The SMILES string of the molecule is Brc1ccc2c3ccccc3n(-c3ccccc3)c2c1.CC1(C)OB(c2ccc3c4ccccc4n(-c4ccccc4)c3c2)OC1(C)C.O=[N+]([O-])c1ccc2ccccc2c1-c1ccc2c3ccccc3n(-c3ccccc3)c2c1.O=[N+]([O-])c1ccc2ccccc2c1Br.c1ccc(-n2c3ccccc3c3ccc4c([nH]c5ccc6ccccc6c54)c32)cc1.c1ccc(P(c2ccccc2)c2ccccc2)cc1. The summed E-state index contributed by atoms with van der Waals surface area (Å²) >= 11 is 6.82. The minimum Gasteiger partial charge on any atom is -0.399 e. The van der Waals surface area contributed by atoms with Gasteiger partial charge in [-0.3, -0.25) is 20.2 Å². The zero-order valence-electron chi connectivity index (χ0n) is 78.6. The van der Waals surface area contributed by atoms with Gasteiger partial charge in [-0.1, -0.05) is 374 Å². The van der Waals surface area contributed by atoms with Gasteiger partial charge in [-0.25, -0.2) is 0 Å². The van der Waals surface area contributed by atoms with Gasteiger partial charge in [-0.15, -0.1) is 0 Å². The number of hydrogen-bond acceptors (Lipinski definition) is 6. The Balaban J connectivity index is 0.000000100. The first-order valence-corrected chi connectivity index (χ1v) is 50.5. The monoisotopic (exact) mass is 2000 g/mol. The average molecular weight is 2000 g/mol. The summed E-state index contributed by atoms with van der Waals surface area (Å²) in [5.41, 5.74) is 18.5. The quantitative estimate of drug-likeness (QED) is 0.0592. The molecule has 13 nitrogen and oxygen atoms in total. The Hall–Kier alpha value is -16.4. The highest BCUT2D eigenvalue weighted by atomic mass is 79.9. The van der Waals surface area contributed by atoms with E-state index in [4.69, 9.17) is 9.31 Å². The molecule has 690 valence electrons. The fraction of sp³-hybridized carbons (Fsp3) is 0.0476. The summed E-state index contributed by atoms with van der Waals surface area (Å²) in [5.74, 6) is 0. The predicted octanol–water partition coefficient (Wildman–Crippen LogP) is 32.7. The summed E-state index contributed by atoms with van der Waals surface area (Å²) in [7, 11) is -0.810. The number of nitro benzene ring substituents is 2. The first-order chi connectivity index (χ1) is 70.0. The number of nitro groups is 2. The van der Waals surface area contributed by atoms with Crippen LogP contribution in [-0.2, 0) is 9.31 Å². The van der Waals surface area contributed by atoms with Crippen molar-refractivity contribution < 1.29 is 19.2 Å². The highest BCUT2D eigenvalue weighted by Crippen LogP contribution is 2.46. The molecule has 0 aliphatic carbocycles. The van der Waals surface area contributed by atoms with E-state index in [-0.39, 0.29) is 34.6 Å². The van der Waals surface area contributed by atoms with E-state index in [0.29, 0.717) is 10.0 Å². The van der Waals surface area contributed by atoms with Crippen LogP contribution in [0.15, 0.2) is 494 Å². The van der Waals surface area contributed by atoms with Crippen molar-refractivity contribution >= 4 is 221 Å². The minimum atomic E-state index is -0.446. The maximum atomic E-state index is 11.9. The molecule has 0 amide bonds. The summed E-state index contributed by atoms with van der Waals surface area (Å²) in [6.07, 6.45) is 0. The largest absolute Gasteiger partial charge is 0.494 e. The first-order valence-electron chi connectivity index (χ1n) is 47.6. The van der Waals surface area contributed by atoms with Crippen molar-refractivity contribution in [3.63, 3.8) is 0 Å². The van der Waals surface area contributed by atoms with E-state index in [2.05, 4.69) is 447 Å². The smallest absolute Gasteiger partial charge is 0.399 e. The summed E-state index contributed by atoms with van der Waals surface area (Å²) in [4.78, 5) is 25.7. The number of aromatic amines is 1. The molecule has 1 N–H and O–H groups in total. The first kappa shape index (κ1) is 91.6. The van der Waals surface area contributed by atoms with Crippen molar-refractivity contribution in [3.8, 4) is 33.9 Å². The molecular weight excluding hydrogens is 1910 g/mol. The van der Waals surface area contributed by atoms with Crippen molar-refractivity contribution in [1.82, 2.24) is 23.3 Å². The molecule has 1 aliphatic rings. The van der Waals surface area contributed by atoms with E-state index >= 15 is 0 Å². The zero-order chi connectivity index (χ0) is 97.4. The lowest BCUT2D eigenvalue weighted by Gasteiger charge is -2.32. The number of rotatable bonds is 11. The van der Waals surface area contributed by atoms with Crippen LogP contribution in [0.2, 0.25) is 0 Å². The minimum absolute atomic E-state index is 0.101. The fourth-order valence-electron chi connectivity index (χ4n) is 20.0. The maximum Gasteiger partial charge on any atom is 0.494 e. The van der Waals surface area contributed by atoms with Crippen LogP contribution in [0.25, 0.3) is 175 Å². The maximum absolute atomic E-state index is 11.9. The van der Waals surface area contributed by atoms with Gasteiger partial charge in [0.2, 0.25) is 0 Å². The average Bonchev–Trinajstić information content (AvgIpc) is 1.55. The van der Waals surface area contributed by atoms with Gasteiger partial charge in [0.1, 0.15) is 4.47 Å². The molecule has 0 saturated carbocycles. The molecule has 17 heteroatoms. The number of H-pyrrole nitrogens is 1. The number of halogens is 2. The topological polar surface area (TPSA) is 140 Å². The number of fused-ring (bicyclic) bond motifs is 20. The van der Waals surface area contributed by atoms with Crippen LogP contribution in [0, 0.1) is 20.2 Å². The molecule has 27 rings (SSSR count). The molecule has 21 aromatic carbocycles. The standard InChI is InChI=1S/C28H18N2O2.C28H18N2.C24H24BNO2.C18H12BrN.C18H15P.C10H6BrNO2/c31-30(32)26-17-15-19-8-4-5-11-22(19)28(26)20-14-16-24-23-12-6-7-13-25(23)29(27(24)18-20)21-9-2-1-3-10-21;1-2-9-19(10-3-1)30-25-13-7-6-12-21(25)22-15-16-23-26-20-11-5-4-8-18(20)14-17-24(26)29-27(23)28(22)30;1-23(2)24(3,4)28-25(27-23)17-14-15-20-19-12-8-9-13-21(19)26(22(20)16-17)18-10-6-5-7-11-18;19-13-10-11-16-15-8-4-5-9-17(15)20(18(16)12-13)14-6-2-1-3-7-14;1-4-10-16(11-5-1)19(17-12-6-2-7-13-17)18-14-8-3-9-15-18;11-10-8-4-2-1-3-7(8)5-6-9(10)12(13)14/h1-18H;1-17,29H;5-16H,1-4H3;1-12H;1-15H;1-6H. The Labute approximate surface area is 844 Å². The number of para-hydroxylation sites is 8. The molecule has 0 radical (unpaired) electrons. The van der Waals surface area contributed by atoms with E-state index in [1.165, 1.54) is 131 Å². The lowest BCUT2D eigenvalue weighted by atomic mass is 9.79. The van der Waals surface area contributed by atoms with Gasteiger partial charge < -0.3 is 32.6 Å². The molecule has 0 bridgehead atoms. The summed E-state index contributed by atoms with van der Waals surface area (Å²) in [6, 6.07) is 167. The van der Waals surface area contributed by atoms with Crippen LogP contribution >= 0.6 is 39.8 Å². The summed E-state index contributed by atoms with van der Waals surface area (Å²) < 4.78 is 23.5. The van der Waals surface area contributed by atoms with Crippen molar-refractivity contribution in [2.24, 2.45) is 0 Å². The Kier molecular flexibility index (Phi) is 25.2. The molecule has 0 unspecified atom stereocenters. The Morgan fingerprint density at radius 3 is 1.09 bits per heavy atom. The van der Waals surface area contributed by atoms with Crippen LogP contribution in [0.1, 0.15) is 27.7 Å². The van der Waals surface area contributed by atoms with Crippen molar-refractivity contribution in [1.29, 1.82) is 0 Å². The third-order valence-corrected chi connectivity index (χ3v) is 31.1. The van der Waals surface area contributed by atoms with Crippen LogP contribution in [0.4, 0.5) is 11.4 Å². The second-order valence-corrected chi connectivity index (χ2v) is 40.3. The molecule has 0 atom stereocenters. The van der Waals surface area contributed by atoms with E-state index in [1.807, 2.05) is 103 Å². The molecule has 5 aromatic heterocycles. The second kappa shape index (κ2) is 39.3. The predicted molar refractivity (Wildman–Crippen MR) is 606 cm³/mol. The van der Waals surface area contributed by atoms with E-state index in [1.54, 1.807) is 12.1 Å². The molecule has 143 heavy (non-hydrogen) atoms. The van der Waals surface area contributed by atoms with Crippen molar-refractivity contribution in [3.05, 3.63) is 514 Å². The van der Waals surface area contributed by atoms with Crippen LogP contribution < -0.4 is 21.4 Å². The normalized spacial score (nSPS) is 12.6. The number of benzene rings is 21. The zero-order valence-corrected chi connectivity index (χ0v) is 82.7. The van der Waals surface area contributed by atoms with Gasteiger partial charge in [0.15, 0.2) is 0 Å². The molecule has 1 saturated heterocycles. The highest BCUT2D eigenvalue weighted by molar-refractivity contribution is 9.11. The molecule has 6 heterocycles. The fourth-order valence-corrected chi connectivity index (χ4v) is 23.3. The van der Waals surface area contributed by atoms with E-state index in [9.17, 15) is 20.2 Å². The Morgan fingerprint density at radius 1 is 0.294 bits per heavy atom. The Bertz CT molecular complexity index is 9180. The number of nitrogens with one attached hydrogen (secondary N) is 1. The van der Waals surface area contributed by atoms with Gasteiger partial charge in [0, 0.05) is 104 Å². The number of aromatic nitrogens is 5. The van der Waals surface area contributed by atoms with Gasteiger partial charge in [0.25, 0.3) is 11.4 Å². The molecule has 26 aromatic rings. The van der Waals surface area contributed by atoms with Gasteiger partial charge in [0.05, 0.1) is 76.3 Å². The van der Waals surface area contributed by atoms with Crippen LogP contribution in [0.3, 0.4) is 0 Å². The van der Waals surface area contributed by atoms with E-state index < -0.39 is 12.8 Å². The highest BCUT2D eigenvalue weighted by Gasteiger charge is 2.52. The molecule has 1 aliphatic heterocycles. The van der Waals surface area contributed by atoms with Gasteiger partial charge in [-0.2, -0.15) is 0 Å². The lowest BCUT2D eigenvalue weighted by molar-refractivity contribution is -0.385. The third-order valence-electron chi connectivity index (χ3n) is 27.4. The second-order valence-electron chi connectivity index (χ2n) is 36.4. The Morgan fingerprint density at radius 2 is 0.622 bits per heavy atom. The molecule has 0 spiro atoms. The molecular formula is C126H93BBr2N7O6P. The summed E-state index contributed by atoms with van der Waals surface area (Å²) in [5, 5.41) is 45.5. The van der Waals surface area contributed by atoms with Crippen LogP contribution in [-0.4, -0.2) is 51.4 Å². The number of nitrogens with zero attached hydrogens (tertiary/aromatic N) is 6. The van der Waals surface area contributed by atoms with Gasteiger partial charge >= 0.3 is 7.12 Å². The lowest BCUT2D eigenvalue weighted by Crippen LogP contribution is -2.41. The van der Waals surface area contributed by atoms with Crippen molar-refractivity contribution in [2.45, 2.75) is 38.9 Å². The van der Waals surface area contributed by atoms with Crippen LogP contribution in [0.5, 0.6) is 0 Å². The number of hydrogen-bond donors (Lipinski definition) is 1. The summed E-state index contributed by atoms with van der Waals surface area (Å²) in [6.45, 7) is 8.36. The van der Waals surface area contributed by atoms with E-state index in [0.717, 1.165) is 70.2 Å². The van der Waals surface area contributed by atoms with Gasteiger partial charge in [-0.05, 0) is 221 Å².